The first-order valence-corrected chi connectivity index (χ1v) is 7.40. The van der Waals surface area contributed by atoms with E-state index in [1.54, 1.807) is 11.3 Å². The smallest absolute Gasteiger partial charge is 0.0941 e. The quantitative estimate of drug-likeness (QED) is 0.903. The number of aromatic nitrogens is 1. The van der Waals surface area contributed by atoms with Crippen molar-refractivity contribution in [1.29, 1.82) is 0 Å². The summed E-state index contributed by atoms with van der Waals surface area (Å²) in [6.07, 6.45) is 1.17. The van der Waals surface area contributed by atoms with E-state index >= 15 is 0 Å². The van der Waals surface area contributed by atoms with E-state index in [9.17, 15) is 0 Å². The fraction of sp³-hybridized carbons (Fsp3) is 0.769. The zero-order valence-electron chi connectivity index (χ0n) is 11.5. The lowest BCUT2D eigenvalue weighted by Crippen LogP contribution is -2.51. The van der Waals surface area contributed by atoms with Crippen LogP contribution in [0.25, 0.3) is 0 Å². The van der Waals surface area contributed by atoms with Crippen LogP contribution in [-0.4, -0.2) is 41.2 Å². The predicted molar refractivity (Wildman–Crippen MR) is 74.8 cm³/mol. The monoisotopic (exact) mass is 269 g/mol. The Morgan fingerprint density at radius 3 is 3.06 bits per heavy atom. The van der Waals surface area contributed by atoms with Crippen molar-refractivity contribution in [2.45, 2.75) is 45.4 Å². The highest BCUT2D eigenvalue weighted by molar-refractivity contribution is 7.09. The molecule has 5 heteroatoms. The summed E-state index contributed by atoms with van der Waals surface area (Å²) < 4.78 is 5.91. The third kappa shape index (κ3) is 3.75. The van der Waals surface area contributed by atoms with Crippen molar-refractivity contribution >= 4 is 11.3 Å². The Bertz CT molecular complexity index is 391. The average molecular weight is 269 g/mol. The van der Waals surface area contributed by atoms with E-state index in [2.05, 4.69) is 36.0 Å². The number of morpholine rings is 1. The molecule has 1 atom stereocenters. The predicted octanol–water partition coefficient (Wildman–Crippen LogP) is 1.64. The fourth-order valence-electron chi connectivity index (χ4n) is 2.60. The van der Waals surface area contributed by atoms with E-state index in [0.717, 1.165) is 36.8 Å². The minimum absolute atomic E-state index is 0.0617. The van der Waals surface area contributed by atoms with Gasteiger partial charge in [-0.05, 0) is 27.3 Å². The summed E-state index contributed by atoms with van der Waals surface area (Å²) in [5, 5.41) is 3.30. The Morgan fingerprint density at radius 1 is 1.61 bits per heavy atom. The van der Waals surface area contributed by atoms with Gasteiger partial charge in [-0.2, -0.15) is 0 Å². The van der Waals surface area contributed by atoms with E-state index in [4.69, 9.17) is 10.5 Å². The molecule has 0 spiro atoms. The van der Waals surface area contributed by atoms with Crippen molar-refractivity contribution in [1.82, 2.24) is 9.88 Å². The van der Waals surface area contributed by atoms with Crippen LogP contribution in [0.1, 0.15) is 31.5 Å². The summed E-state index contributed by atoms with van der Waals surface area (Å²) in [5.74, 6) is 0. The molecule has 102 valence electrons. The largest absolute Gasteiger partial charge is 0.370 e. The van der Waals surface area contributed by atoms with Gasteiger partial charge in [-0.15, -0.1) is 11.3 Å². The minimum Gasteiger partial charge on any atom is -0.370 e. The maximum atomic E-state index is 5.91. The van der Waals surface area contributed by atoms with Gasteiger partial charge in [0.1, 0.15) is 0 Å². The first-order chi connectivity index (χ1) is 8.48. The Labute approximate surface area is 113 Å². The summed E-state index contributed by atoms with van der Waals surface area (Å²) >= 11 is 1.71. The molecule has 1 aliphatic heterocycles. The Kier molecular flexibility index (Phi) is 4.37. The van der Waals surface area contributed by atoms with Gasteiger partial charge in [-0.1, -0.05) is 0 Å². The zero-order chi connectivity index (χ0) is 13.2. The summed E-state index contributed by atoms with van der Waals surface area (Å²) in [5.41, 5.74) is 6.65. The Balaban J connectivity index is 1.95. The second-order valence-electron chi connectivity index (χ2n) is 5.63. The lowest BCUT2D eigenvalue weighted by Gasteiger charge is -2.41. The molecule has 1 aliphatic rings. The van der Waals surface area contributed by atoms with Gasteiger partial charge in [0.2, 0.25) is 0 Å². The number of nitrogens with two attached hydrogens (primary N) is 1. The molecule has 0 aromatic carbocycles. The van der Waals surface area contributed by atoms with Crippen LogP contribution < -0.4 is 5.73 Å². The molecule has 0 bridgehead atoms. The molecule has 2 rings (SSSR count). The van der Waals surface area contributed by atoms with Gasteiger partial charge >= 0.3 is 0 Å². The molecular weight excluding hydrogens is 246 g/mol. The number of thiazole rings is 1. The number of hydrogen-bond acceptors (Lipinski definition) is 5. The molecule has 1 fully saturated rings. The van der Waals surface area contributed by atoms with Crippen molar-refractivity contribution in [3.8, 4) is 0 Å². The van der Waals surface area contributed by atoms with Crippen LogP contribution in [0.2, 0.25) is 0 Å². The van der Waals surface area contributed by atoms with Crippen LogP contribution in [0.4, 0.5) is 0 Å². The fourth-order valence-corrected chi connectivity index (χ4v) is 3.40. The highest BCUT2D eigenvalue weighted by Crippen LogP contribution is 2.22. The van der Waals surface area contributed by atoms with E-state index < -0.39 is 0 Å². The number of rotatable bonds is 4. The average Bonchev–Trinajstić information content (AvgIpc) is 2.62. The van der Waals surface area contributed by atoms with Crippen LogP contribution >= 0.6 is 11.3 Å². The Morgan fingerprint density at radius 2 is 2.39 bits per heavy atom. The maximum Gasteiger partial charge on any atom is 0.0941 e. The van der Waals surface area contributed by atoms with Gasteiger partial charge in [0, 0.05) is 31.4 Å². The molecule has 1 unspecified atom stereocenters. The molecule has 1 saturated heterocycles. The topological polar surface area (TPSA) is 51.4 Å². The van der Waals surface area contributed by atoms with Gasteiger partial charge < -0.3 is 10.5 Å². The summed E-state index contributed by atoms with van der Waals surface area (Å²) in [6.45, 7) is 9.96. The number of hydrogen-bond donors (Lipinski definition) is 1. The highest BCUT2D eigenvalue weighted by Gasteiger charge is 2.31. The molecule has 0 radical (unpaired) electrons. The van der Waals surface area contributed by atoms with Gasteiger partial charge in [0.05, 0.1) is 22.4 Å². The molecular formula is C13H23N3OS. The van der Waals surface area contributed by atoms with Gasteiger partial charge in [0.15, 0.2) is 0 Å². The van der Waals surface area contributed by atoms with Crippen LogP contribution in [0.3, 0.4) is 0 Å². The first kappa shape index (κ1) is 13.9. The van der Waals surface area contributed by atoms with Gasteiger partial charge in [-0.3, -0.25) is 4.90 Å². The number of ether oxygens (including phenoxy) is 1. The van der Waals surface area contributed by atoms with Crippen LogP contribution in [-0.2, 0) is 17.7 Å². The highest BCUT2D eigenvalue weighted by atomic mass is 32.1. The second kappa shape index (κ2) is 5.65. The van der Waals surface area contributed by atoms with Crippen molar-refractivity contribution in [3.63, 3.8) is 0 Å². The maximum absolute atomic E-state index is 5.91. The SMILES string of the molecule is CC1CN(Cc2csc(CCN)n2)CC(C)(C)O1. The summed E-state index contributed by atoms with van der Waals surface area (Å²) in [7, 11) is 0. The molecule has 18 heavy (non-hydrogen) atoms. The van der Waals surface area contributed by atoms with Crippen molar-refractivity contribution in [2.24, 2.45) is 5.73 Å². The molecule has 0 amide bonds. The van der Waals surface area contributed by atoms with E-state index in [-0.39, 0.29) is 11.7 Å². The van der Waals surface area contributed by atoms with Gasteiger partial charge in [-0.25, -0.2) is 4.98 Å². The van der Waals surface area contributed by atoms with Crippen molar-refractivity contribution in [3.05, 3.63) is 16.1 Å². The lowest BCUT2D eigenvalue weighted by atomic mass is 10.1. The van der Waals surface area contributed by atoms with Crippen molar-refractivity contribution < 1.29 is 4.74 Å². The van der Waals surface area contributed by atoms with E-state index in [0.29, 0.717) is 6.54 Å². The van der Waals surface area contributed by atoms with Gasteiger partial charge in [0.25, 0.3) is 0 Å². The minimum atomic E-state index is -0.0617. The molecule has 1 aromatic heterocycles. The van der Waals surface area contributed by atoms with Crippen molar-refractivity contribution in [2.75, 3.05) is 19.6 Å². The van der Waals surface area contributed by atoms with E-state index in [1.165, 1.54) is 0 Å². The zero-order valence-corrected chi connectivity index (χ0v) is 12.3. The van der Waals surface area contributed by atoms with Crippen LogP contribution in [0.5, 0.6) is 0 Å². The van der Waals surface area contributed by atoms with E-state index in [1.807, 2.05) is 0 Å². The molecule has 2 N–H and O–H groups in total. The lowest BCUT2D eigenvalue weighted by molar-refractivity contribution is -0.130. The standard InChI is InChI=1S/C13H23N3OS/c1-10-6-16(9-13(2,3)17-10)7-11-8-18-12(15-11)4-5-14/h8,10H,4-7,9,14H2,1-3H3. The third-order valence-electron chi connectivity index (χ3n) is 2.98. The normalized spacial score (nSPS) is 24.3. The Hall–Kier alpha value is -0.490. The summed E-state index contributed by atoms with van der Waals surface area (Å²) in [6, 6.07) is 0. The molecule has 0 saturated carbocycles. The summed E-state index contributed by atoms with van der Waals surface area (Å²) in [4.78, 5) is 7.05. The number of nitrogens with zero attached hydrogens (tertiary/aromatic N) is 2. The third-order valence-corrected chi connectivity index (χ3v) is 3.94. The molecule has 1 aromatic rings. The molecule has 2 heterocycles. The first-order valence-electron chi connectivity index (χ1n) is 6.52. The molecule has 4 nitrogen and oxygen atoms in total. The van der Waals surface area contributed by atoms with Crippen LogP contribution in [0.15, 0.2) is 5.38 Å². The molecule has 0 aliphatic carbocycles. The second-order valence-corrected chi connectivity index (χ2v) is 6.57. The van der Waals surface area contributed by atoms with Crippen LogP contribution in [0, 0.1) is 0 Å².